The Kier molecular flexibility index (Phi) is 3.89. The van der Waals surface area contributed by atoms with E-state index in [1.54, 1.807) is 12.1 Å². The molecule has 2 rings (SSSR count). The van der Waals surface area contributed by atoms with Crippen molar-refractivity contribution >= 4 is 21.6 Å². The average Bonchev–Trinajstić information content (AvgIpc) is 2.76. The summed E-state index contributed by atoms with van der Waals surface area (Å²) < 4.78 is 23.0. The van der Waals surface area contributed by atoms with E-state index in [9.17, 15) is 13.2 Å². The van der Waals surface area contributed by atoms with Crippen molar-refractivity contribution in [3.05, 3.63) is 29.3 Å². The molecule has 1 aromatic carbocycles. The quantitative estimate of drug-likeness (QED) is 0.819. The van der Waals surface area contributed by atoms with Gasteiger partial charge in [0.05, 0.1) is 5.75 Å². The number of benzene rings is 1. The van der Waals surface area contributed by atoms with Crippen molar-refractivity contribution in [2.75, 3.05) is 25.1 Å². The van der Waals surface area contributed by atoms with Gasteiger partial charge >= 0.3 is 6.09 Å². The molecule has 1 aliphatic heterocycles. The van der Waals surface area contributed by atoms with E-state index in [1.165, 1.54) is 11.2 Å². The Morgan fingerprint density at radius 3 is 2.75 bits per heavy atom. The van der Waals surface area contributed by atoms with Gasteiger partial charge in [-0.15, -0.1) is 0 Å². The maximum Gasteiger partial charge on any atom is 0.407 e. The molecule has 1 heterocycles. The van der Waals surface area contributed by atoms with Gasteiger partial charge in [-0.3, -0.25) is 0 Å². The van der Waals surface area contributed by atoms with Crippen LogP contribution in [0.2, 0.25) is 0 Å². The molecule has 0 saturated carbocycles. The zero-order valence-corrected chi connectivity index (χ0v) is 12.1. The number of likely N-dealkylation sites (tertiary alicyclic amines) is 1. The van der Waals surface area contributed by atoms with Crippen LogP contribution in [0.25, 0.3) is 0 Å². The number of nitrogen functional groups attached to an aromatic ring is 1. The summed E-state index contributed by atoms with van der Waals surface area (Å²) in [5.74, 6) is -0.0415. The molecule has 110 valence electrons. The Balaban J connectivity index is 2.30. The van der Waals surface area contributed by atoms with Gasteiger partial charge < -0.3 is 15.7 Å². The van der Waals surface area contributed by atoms with E-state index in [2.05, 4.69) is 0 Å². The van der Waals surface area contributed by atoms with Gasteiger partial charge in [-0.2, -0.15) is 0 Å². The number of hydrogen-bond acceptors (Lipinski definition) is 4. The fourth-order valence-electron chi connectivity index (χ4n) is 2.62. The van der Waals surface area contributed by atoms with E-state index in [4.69, 9.17) is 10.8 Å². The zero-order chi connectivity index (χ0) is 14.9. The van der Waals surface area contributed by atoms with Crippen molar-refractivity contribution in [3.63, 3.8) is 0 Å². The van der Waals surface area contributed by atoms with Crippen LogP contribution in [0.1, 0.15) is 23.5 Å². The number of anilines is 1. The first-order chi connectivity index (χ1) is 9.26. The van der Waals surface area contributed by atoms with Crippen LogP contribution in [0.5, 0.6) is 0 Å². The number of nitrogens with zero attached hydrogens (tertiary/aromatic N) is 1. The van der Waals surface area contributed by atoms with Gasteiger partial charge in [0.25, 0.3) is 0 Å². The smallest absolute Gasteiger partial charge is 0.407 e. The summed E-state index contributed by atoms with van der Waals surface area (Å²) in [5.41, 5.74) is 7.79. The minimum atomic E-state index is -3.16. The van der Waals surface area contributed by atoms with Crippen LogP contribution in [-0.4, -0.2) is 43.9 Å². The van der Waals surface area contributed by atoms with Crippen molar-refractivity contribution in [1.29, 1.82) is 0 Å². The van der Waals surface area contributed by atoms with Crippen LogP contribution in [0.4, 0.5) is 10.5 Å². The van der Waals surface area contributed by atoms with Crippen molar-refractivity contribution in [2.45, 2.75) is 18.1 Å². The largest absolute Gasteiger partial charge is 0.465 e. The van der Waals surface area contributed by atoms with E-state index in [1.807, 2.05) is 6.07 Å². The molecular formula is C13H18N2O4S. The van der Waals surface area contributed by atoms with Gasteiger partial charge in [-0.1, -0.05) is 6.07 Å². The summed E-state index contributed by atoms with van der Waals surface area (Å²) in [4.78, 5) is 12.3. The van der Waals surface area contributed by atoms with Crippen molar-refractivity contribution in [1.82, 2.24) is 4.90 Å². The van der Waals surface area contributed by atoms with E-state index in [-0.39, 0.29) is 11.7 Å². The normalized spacial score (nSPS) is 19.2. The Morgan fingerprint density at radius 2 is 2.20 bits per heavy atom. The first-order valence-electron chi connectivity index (χ1n) is 6.30. The summed E-state index contributed by atoms with van der Waals surface area (Å²) in [6.45, 7) is 0.874. The molecule has 1 amide bonds. The van der Waals surface area contributed by atoms with E-state index < -0.39 is 15.9 Å². The zero-order valence-electron chi connectivity index (χ0n) is 11.2. The van der Waals surface area contributed by atoms with Gasteiger partial charge in [0.1, 0.15) is 0 Å². The standard InChI is InChI=1S/C13H18N2O4S/c1-20(18,19)8-10-6-11(14)2-3-12(10)9-4-5-15(7-9)13(16)17/h2-3,6,9H,4-5,7-8,14H2,1H3,(H,16,17)/t9-/m0/s1. The Morgan fingerprint density at radius 1 is 1.50 bits per heavy atom. The second-order valence-corrected chi connectivity index (χ2v) is 7.38. The summed E-state index contributed by atoms with van der Waals surface area (Å²) >= 11 is 0. The minimum Gasteiger partial charge on any atom is -0.465 e. The predicted octanol–water partition coefficient (Wildman–Crippen LogP) is 1.28. The molecule has 0 spiro atoms. The van der Waals surface area contributed by atoms with Crippen molar-refractivity contribution in [2.24, 2.45) is 0 Å². The number of carboxylic acid groups (broad SMARTS) is 1. The highest BCUT2D eigenvalue weighted by molar-refractivity contribution is 7.89. The van der Waals surface area contributed by atoms with Crippen LogP contribution in [0.3, 0.4) is 0 Å². The third kappa shape index (κ3) is 3.41. The molecule has 1 saturated heterocycles. The minimum absolute atomic E-state index is 0.0310. The number of rotatable bonds is 3. The summed E-state index contributed by atoms with van der Waals surface area (Å²) in [6.07, 6.45) is 0.943. The molecule has 1 atom stereocenters. The van der Waals surface area contributed by atoms with E-state index in [0.29, 0.717) is 30.8 Å². The number of sulfone groups is 1. The second-order valence-electron chi connectivity index (χ2n) is 5.24. The van der Waals surface area contributed by atoms with Gasteiger partial charge in [0.15, 0.2) is 9.84 Å². The van der Waals surface area contributed by atoms with Crippen LogP contribution >= 0.6 is 0 Å². The summed E-state index contributed by atoms with van der Waals surface area (Å²) in [7, 11) is -3.16. The van der Waals surface area contributed by atoms with Crippen molar-refractivity contribution < 1.29 is 18.3 Å². The lowest BCUT2D eigenvalue weighted by Crippen LogP contribution is -2.26. The Bertz CT molecular complexity index is 627. The highest BCUT2D eigenvalue weighted by Crippen LogP contribution is 2.31. The molecule has 6 nitrogen and oxygen atoms in total. The number of nitrogens with two attached hydrogens (primary N) is 1. The summed E-state index contributed by atoms with van der Waals surface area (Å²) in [5, 5.41) is 8.99. The molecule has 0 unspecified atom stereocenters. The third-order valence-electron chi connectivity index (χ3n) is 3.48. The highest BCUT2D eigenvalue weighted by atomic mass is 32.2. The molecule has 0 aliphatic carbocycles. The molecule has 7 heteroatoms. The van der Waals surface area contributed by atoms with Gasteiger partial charge in [0.2, 0.25) is 0 Å². The maximum atomic E-state index is 11.5. The number of hydrogen-bond donors (Lipinski definition) is 2. The Hall–Kier alpha value is -1.76. The van der Waals surface area contributed by atoms with E-state index in [0.717, 1.165) is 5.56 Å². The lowest BCUT2D eigenvalue weighted by molar-refractivity contribution is 0.155. The molecular weight excluding hydrogens is 280 g/mol. The third-order valence-corrected chi connectivity index (χ3v) is 4.32. The topological polar surface area (TPSA) is 101 Å². The monoisotopic (exact) mass is 298 g/mol. The Labute approximate surface area is 118 Å². The lowest BCUT2D eigenvalue weighted by Gasteiger charge is -2.16. The average molecular weight is 298 g/mol. The lowest BCUT2D eigenvalue weighted by atomic mass is 9.94. The molecule has 1 aliphatic rings. The molecule has 20 heavy (non-hydrogen) atoms. The van der Waals surface area contributed by atoms with Crippen LogP contribution in [-0.2, 0) is 15.6 Å². The predicted molar refractivity (Wildman–Crippen MR) is 76.4 cm³/mol. The molecule has 1 fully saturated rings. The first-order valence-corrected chi connectivity index (χ1v) is 8.36. The maximum absolute atomic E-state index is 11.5. The number of carbonyl (C=O) groups is 1. The first kappa shape index (κ1) is 14.6. The molecule has 0 radical (unpaired) electrons. The SMILES string of the molecule is CS(=O)(=O)Cc1cc(N)ccc1[C@H]1CCN(C(=O)O)C1. The van der Waals surface area contributed by atoms with Gasteiger partial charge in [0, 0.05) is 31.0 Å². The molecule has 3 N–H and O–H groups in total. The number of amides is 1. The fraction of sp³-hybridized carbons (Fsp3) is 0.462. The van der Waals surface area contributed by atoms with Crippen LogP contribution in [0, 0.1) is 0 Å². The van der Waals surface area contributed by atoms with E-state index >= 15 is 0 Å². The van der Waals surface area contributed by atoms with Gasteiger partial charge in [-0.25, -0.2) is 13.2 Å². The molecule has 1 aromatic rings. The van der Waals surface area contributed by atoms with Crippen LogP contribution < -0.4 is 5.73 Å². The summed E-state index contributed by atoms with van der Waals surface area (Å²) in [6, 6.07) is 5.20. The van der Waals surface area contributed by atoms with Gasteiger partial charge in [-0.05, 0) is 29.7 Å². The molecule has 0 bridgehead atoms. The van der Waals surface area contributed by atoms with Crippen LogP contribution in [0.15, 0.2) is 18.2 Å². The second kappa shape index (κ2) is 5.32. The fourth-order valence-corrected chi connectivity index (χ4v) is 3.43. The highest BCUT2D eigenvalue weighted by Gasteiger charge is 2.28. The molecule has 0 aromatic heterocycles. The van der Waals surface area contributed by atoms with Crippen molar-refractivity contribution in [3.8, 4) is 0 Å².